The lowest BCUT2D eigenvalue weighted by Gasteiger charge is -1.98. The van der Waals surface area contributed by atoms with E-state index in [9.17, 15) is 15.0 Å². The summed E-state index contributed by atoms with van der Waals surface area (Å²) in [6.07, 6.45) is 11.7. The van der Waals surface area contributed by atoms with Crippen molar-refractivity contribution in [1.29, 1.82) is 0 Å². The molecule has 0 aliphatic heterocycles. The molecule has 0 radical (unpaired) electrons. The van der Waals surface area contributed by atoms with Gasteiger partial charge in [0.25, 0.3) is 0 Å². The molecule has 22 heavy (non-hydrogen) atoms. The molecular formula is C18H22O4. The predicted octanol–water partition coefficient (Wildman–Crippen LogP) is 3.98. The lowest BCUT2D eigenvalue weighted by Crippen LogP contribution is -1.93. The maximum Gasteiger partial charge on any atom is 0.344 e. The zero-order valence-electron chi connectivity index (χ0n) is 12.8. The van der Waals surface area contributed by atoms with E-state index in [4.69, 9.17) is 4.74 Å². The second-order valence-electron chi connectivity index (χ2n) is 4.95. The molecule has 1 aromatic rings. The quantitative estimate of drug-likeness (QED) is 0.263. The van der Waals surface area contributed by atoms with Crippen molar-refractivity contribution in [3.8, 4) is 23.5 Å². The monoisotopic (exact) mass is 302 g/mol. The highest BCUT2D eigenvalue weighted by molar-refractivity contribution is 5.87. The molecule has 0 aliphatic carbocycles. The van der Waals surface area contributed by atoms with E-state index in [2.05, 4.69) is 19.0 Å². The molecule has 4 nitrogen and oxygen atoms in total. The predicted molar refractivity (Wildman–Crippen MR) is 86.0 cm³/mol. The Kier molecular flexibility index (Phi) is 8.29. The molecule has 0 spiro atoms. The maximum atomic E-state index is 11.4. The number of esters is 1. The minimum absolute atomic E-state index is 0.204. The summed E-state index contributed by atoms with van der Waals surface area (Å²) in [7, 11) is 0. The van der Waals surface area contributed by atoms with Gasteiger partial charge in [-0.25, -0.2) is 4.79 Å². The van der Waals surface area contributed by atoms with Crippen molar-refractivity contribution in [2.24, 2.45) is 0 Å². The van der Waals surface area contributed by atoms with Gasteiger partial charge in [0.15, 0.2) is 11.5 Å². The smallest absolute Gasteiger partial charge is 0.344 e. The van der Waals surface area contributed by atoms with E-state index in [-0.39, 0.29) is 11.5 Å². The molecule has 0 amide bonds. The van der Waals surface area contributed by atoms with Crippen molar-refractivity contribution >= 4 is 12.0 Å². The Hall–Kier alpha value is -2.41. The molecule has 0 unspecified atom stereocenters. The van der Waals surface area contributed by atoms with Crippen LogP contribution >= 0.6 is 0 Å². The van der Waals surface area contributed by atoms with Gasteiger partial charge in [0.05, 0.1) is 0 Å². The number of carbonyl (C=O) groups excluding carboxylic acids is 1. The summed E-state index contributed by atoms with van der Waals surface area (Å²) in [6.45, 7) is 2.17. The molecule has 0 fully saturated rings. The molecule has 0 atom stereocenters. The molecule has 4 heteroatoms. The van der Waals surface area contributed by atoms with Gasteiger partial charge in [-0.05, 0) is 30.2 Å². The molecule has 2 N–H and O–H groups in total. The van der Waals surface area contributed by atoms with Gasteiger partial charge in [0, 0.05) is 12.5 Å². The number of phenols is 2. The van der Waals surface area contributed by atoms with Crippen LogP contribution in [0.1, 0.15) is 51.0 Å². The van der Waals surface area contributed by atoms with E-state index in [0.717, 1.165) is 19.3 Å². The second-order valence-corrected chi connectivity index (χ2v) is 4.95. The average Bonchev–Trinajstić information content (AvgIpc) is 2.51. The standard InChI is InChI=1S/C18H22O4/c1-2-3-4-5-6-7-8-13-22-18(21)12-10-15-9-11-16(19)17(20)14-15/h9-12,14,19-20H,2-7H2,1H3. The largest absolute Gasteiger partial charge is 0.504 e. The van der Waals surface area contributed by atoms with Gasteiger partial charge in [-0.3, -0.25) is 0 Å². The van der Waals surface area contributed by atoms with Gasteiger partial charge in [-0.1, -0.05) is 44.6 Å². The minimum atomic E-state index is -0.564. The van der Waals surface area contributed by atoms with Crippen molar-refractivity contribution < 1.29 is 19.7 Å². The Labute approximate surface area is 131 Å². The fourth-order valence-electron chi connectivity index (χ4n) is 1.80. The number of carbonyl (C=O) groups is 1. The van der Waals surface area contributed by atoms with Crippen LogP contribution in [0.4, 0.5) is 0 Å². The number of rotatable bonds is 7. The highest BCUT2D eigenvalue weighted by atomic mass is 16.5. The van der Waals surface area contributed by atoms with Crippen molar-refractivity contribution in [3.63, 3.8) is 0 Å². The number of hydrogen-bond acceptors (Lipinski definition) is 4. The van der Waals surface area contributed by atoms with Crippen molar-refractivity contribution in [1.82, 2.24) is 0 Å². The van der Waals surface area contributed by atoms with Crippen LogP contribution < -0.4 is 0 Å². The van der Waals surface area contributed by atoms with Crippen LogP contribution in [0.15, 0.2) is 24.3 Å². The summed E-state index contributed by atoms with van der Waals surface area (Å²) >= 11 is 0. The van der Waals surface area contributed by atoms with E-state index in [1.54, 1.807) is 6.07 Å². The molecular weight excluding hydrogens is 280 g/mol. The highest BCUT2D eigenvalue weighted by Gasteiger charge is 1.99. The number of aromatic hydroxyl groups is 2. The van der Waals surface area contributed by atoms with Crippen LogP contribution in [0, 0.1) is 12.0 Å². The van der Waals surface area contributed by atoms with Crippen molar-refractivity contribution in [2.75, 3.05) is 0 Å². The first-order chi connectivity index (χ1) is 10.6. The van der Waals surface area contributed by atoms with Gasteiger partial charge in [-0.2, -0.15) is 0 Å². The normalized spacial score (nSPS) is 10.2. The SMILES string of the molecule is CCCCCCCC#COC(=O)C=Cc1ccc(O)c(O)c1. The van der Waals surface area contributed by atoms with Crippen molar-refractivity contribution in [3.05, 3.63) is 29.8 Å². The molecule has 0 saturated carbocycles. The summed E-state index contributed by atoms with van der Waals surface area (Å²) in [5, 5.41) is 18.5. The third-order valence-corrected chi connectivity index (χ3v) is 3.04. The number of unbranched alkanes of at least 4 members (excludes halogenated alkanes) is 5. The Morgan fingerprint density at radius 1 is 1.18 bits per heavy atom. The fraction of sp³-hybridized carbons (Fsp3) is 0.389. The van der Waals surface area contributed by atoms with E-state index in [1.807, 2.05) is 0 Å². The zero-order chi connectivity index (χ0) is 16.2. The molecule has 0 aromatic heterocycles. The Bertz CT molecular complexity index is 564. The summed E-state index contributed by atoms with van der Waals surface area (Å²) in [6, 6.07) is 4.26. The molecule has 1 rings (SSSR count). The van der Waals surface area contributed by atoms with Crippen LogP contribution in [0.5, 0.6) is 11.5 Å². The third-order valence-electron chi connectivity index (χ3n) is 3.04. The van der Waals surface area contributed by atoms with E-state index in [0.29, 0.717) is 5.56 Å². The van der Waals surface area contributed by atoms with Crippen LogP contribution in [-0.4, -0.2) is 16.2 Å². The van der Waals surface area contributed by atoms with E-state index in [1.165, 1.54) is 43.5 Å². The van der Waals surface area contributed by atoms with Crippen LogP contribution in [0.2, 0.25) is 0 Å². The number of ether oxygens (including phenoxy) is 1. The Morgan fingerprint density at radius 2 is 1.95 bits per heavy atom. The van der Waals surface area contributed by atoms with E-state index < -0.39 is 5.97 Å². The van der Waals surface area contributed by atoms with Crippen molar-refractivity contribution in [2.45, 2.75) is 45.4 Å². The molecule has 1 aromatic carbocycles. The third kappa shape index (κ3) is 7.39. The Morgan fingerprint density at radius 3 is 2.68 bits per heavy atom. The van der Waals surface area contributed by atoms with Crippen LogP contribution in [0.3, 0.4) is 0 Å². The molecule has 0 saturated heterocycles. The number of hydrogen-bond donors (Lipinski definition) is 2. The lowest BCUT2D eigenvalue weighted by atomic mass is 10.1. The summed E-state index contributed by atoms with van der Waals surface area (Å²) in [5.74, 6) is 1.80. The first-order valence-corrected chi connectivity index (χ1v) is 7.52. The van der Waals surface area contributed by atoms with Gasteiger partial charge >= 0.3 is 5.97 Å². The number of phenolic OH excluding ortho intramolecular Hbond substituents is 2. The van der Waals surface area contributed by atoms with Gasteiger partial charge in [0.1, 0.15) is 6.11 Å². The highest BCUT2D eigenvalue weighted by Crippen LogP contribution is 2.25. The average molecular weight is 302 g/mol. The van der Waals surface area contributed by atoms with Gasteiger partial charge < -0.3 is 14.9 Å². The summed E-state index contributed by atoms with van der Waals surface area (Å²) < 4.78 is 4.75. The maximum absolute atomic E-state index is 11.4. The summed E-state index contributed by atoms with van der Waals surface area (Å²) in [4.78, 5) is 11.4. The summed E-state index contributed by atoms with van der Waals surface area (Å²) in [5.41, 5.74) is 0.580. The number of benzene rings is 1. The fourth-order valence-corrected chi connectivity index (χ4v) is 1.80. The molecule has 118 valence electrons. The first-order valence-electron chi connectivity index (χ1n) is 7.52. The lowest BCUT2D eigenvalue weighted by molar-refractivity contribution is -0.131. The van der Waals surface area contributed by atoms with E-state index >= 15 is 0 Å². The zero-order valence-corrected chi connectivity index (χ0v) is 12.8. The first kappa shape index (κ1) is 17.6. The molecule has 0 bridgehead atoms. The van der Waals surface area contributed by atoms with Gasteiger partial charge in [-0.15, -0.1) is 0 Å². The molecule has 0 heterocycles. The Balaban J connectivity index is 2.28. The molecule has 0 aliphatic rings. The van der Waals surface area contributed by atoms with Gasteiger partial charge in [0.2, 0.25) is 0 Å². The topological polar surface area (TPSA) is 66.8 Å². The second kappa shape index (κ2) is 10.3. The van der Waals surface area contributed by atoms with Crippen LogP contribution in [-0.2, 0) is 9.53 Å². The minimum Gasteiger partial charge on any atom is -0.504 e. The van der Waals surface area contributed by atoms with Crippen LogP contribution in [0.25, 0.3) is 6.08 Å².